The highest BCUT2D eigenvalue weighted by atomic mass is 16.1. The van der Waals surface area contributed by atoms with Gasteiger partial charge in [-0.1, -0.05) is 37.3 Å². The molecule has 1 heterocycles. The average molecular weight is 202 g/mol. The number of nitrogens with one attached hydrogen (secondary N) is 2. The lowest BCUT2D eigenvalue weighted by Gasteiger charge is -2.00. The van der Waals surface area contributed by atoms with E-state index in [-0.39, 0.29) is 5.69 Å². The van der Waals surface area contributed by atoms with Gasteiger partial charge in [-0.15, -0.1) is 0 Å². The molecule has 0 unspecified atom stereocenters. The summed E-state index contributed by atoms with van der Waals surface area (Å²) in [7, 11) is 0. The van der Waals surface area contributed by atoms with Crippen LogP contribution in [-0.4, -0.2) is 9.97 Å². The summed E-state index contributed by atoms with van der Waals surface area (Å²) in [6.07, 6.45) is 1.63. The molecule has 78 valence electrons. The minimum atomic E-state index is -0.113. The van der Waals surface area contributed by atoms with Crippen LogP contribution in [0.15, 0.2) is 35.1 Å². The van der Waals surface area contributed by atoms with Crippen LogP contribution in [0.3, 0.4) is 0 Å². The summed E-state index contributed by atoms with van der Waals surface area (Å²) >= 11 is 0. The Morgan fingerprint density at radius 2 is 1.73 bits per heavy atom. The van der Waals surface area contributed by atoms with E-state index in [9.17, 15) is 4.79 Å². The first-order chi connectivity index (χ1) is 7.29. The maximum Gasteiger partial charge on any atom is 0.323 e. The fourth-order valence-corrected chi connectivity index (χ4v) is 1.71. The van der Waals surface area contributed by atoms with Crippen molar-refractivity contribution in [3.63, 3.8) is 0 Å². The summed E-state index contributed by atoms with van der Waals surface area (Å²) < 4.78 is 0. The van der Waals surface area contributed by atoms with Crippen LogP contribution >= 0.6 is 0 Å². The summed E-state index contributed by atoms with van der Waals surface area (Å²) in [4.78, 5) is 16.8. The number of hydrogen-bond donors (Lipinski definition) is 2. The molecule has 0 radical (unpaired) electrons. The normalized spacial score (nSPS) is 10.5. The van der Waals surface area contributed by atoms with Gasteiger partial charge in [-0.05, 0) is 12.0 Å². The first kappa shape index (κ1) is 9.77. The van der Waals surface area contributed by atoms with Gasteiger partial charge in [-0.2, -0.15) is 0 Å². The zero-order valence-corrected chi connectivity index (χ0v) is 8.71. The minimum absolute atomic E-state index is 0.113. The molecular weight excluding hydrogens is 188 g/mol. The maximum absolute atomic E-state index is 11.1. The van der Waals surface area contributed by atoms with Crippen molar-refractivity contribution in [3.05, 3.63) is 57.8 Å². The first-order valence-electron chi connectivity index (χ1n) is 5.13. The van der Waals surface area contributed by atoms with Gasteiger partial charge >= 0.3 is 5.69 Å². The Bertz CT molecular complexity index is 482. The van der Waals surface area contributed by atoms with Gasteiger partial charge in [0, 0.05) is 17.8 Å². The predicted octanol–water partition coefficient (Wildman–Crippen LogP) is 1.86. The summed E-state index contributed by atoms with van der Waals surface area (Å²) in [6.45, 7) is 2.04. The quantitative estimate of drug-likeness (QED) is 0.784. The third kappa shape index (κ3) is 2.18. The third-order valence-electron chi connectivity index (χ3n) is 2.47. The molecule has 0 fully saturated rings. The molecule has 3 nitrogen and oxygen atoms in total. The molecule has 1 aromatic heterocycles. The van der Waals surface area contributed by atoms with Crippen molar-refractivity contribution < 1.29 is 0 Å². The molecule has 0 amide bonds. The van der Waals surface area contributed by atoms with E-state index < -0.39 is 0 Å². The Hall–Kier alpha value is -1.77. The number of hydrogen-bond acceptors (Lipinski definition) is 1. The fourth-order valence-electron chi connectivity index (χ4n) is 1.71. The highest BCUT2D eigenvalue weighted by Crippen LogP contribution is 2.09. The molecule has 0 aliphatic rings. The fraction of sp³-hybridized carbons (Fsp3) is 0.250. The van der Waals surface area contributed by atoms with Crippen LogP contribution in [0.2, 0.25) is 0 Å². The van der Waals surface area contributed by atoms with Gasteiger partial charge in [0.2, 0.25) is 0 Å². The topological polar surface area (TPSA) is 48.6 Å². The van der Waals surface area contributed by atoms with Gasteiger partial charge in [0.25, 0.3) is 0 Å². The molecule has 0 spiro atoms. The van der Waals surface area contributed by atoms with E-state index in [0.717, 1.165) is 24.2 Å². The monoisotopic (exact) mass is 202 g/mol. The molecule has 3 heteroatoms. The summed E-state index contributed by atoms with van der Waals surface area (Å²) in [5.74, 6) is 0. The van der Waals surface area contributed by atoms with Crippen LogP contribution in [0.5, 0.6) is 0 Å². The van der Waals surface area contributed by atoms with Crippen molar-refractivity contribution in [2.45, 2.75) is 19.8 Å². The molecule has 0 atom stereocenters. The molecule has 0 aliphatic carbocycles. The summed E-state index contributed by atoms with van der Waals surface area (Å²) in [6, 6.07) is 10.1. The Labute approximate surface area is 88.2 Å². The van der Waals surface area contributed by atoms with Gasteiger partial charge in [0.15, 0.2) is 0 Å². The number of imidazole rings is 1. The number of benzene rings is 1. The van der Waals surface area contributed by atoms with E-state index in [0.29, 0.717) is 0 Å². The number of rotatable bonds is 3. The van der Waals surface area contributed by atoms with Crippen LogP contribution in [0.1, 0.15) is 23.9 Å². The molecule has 15 heavy (non-hydrogen) atoms. The summed E-state index contributed by atoms with van der Waals surface area (Å²) in [5, 5.41) is 0. The molecule has 0 saturated heterocycles. The molecule has 2 rings (SSSR count). The Kier molecular flexibility index (Phi) is 2.72. The molecular formula is C12H14N2O. The number of H-pyrrole nitrogens is 2. The highest BCUT2D eigenvalue weighted by molar-refractivity contribution is 5.24. The van der Waals surface area contributed by atoms with Crippen LogP contribution in [0.25, 0.3) is 0 Å². The molecule has 0 bridgehead atoms. The molecule has 0 saturated carbocycles. The second-order valence-electron chi connectivity index (χ2n) is 3.55. The van der Waals surface area contributed by atoms with E-state index in [2.05, 4.69) is 22.1 Å². The van der Waals surface area contributed by atoms with Crippen LogP contribution in [-0.2, 0) is 12.8 Å². The second kappa shape index (κ2) is 4.17. The number of aryl methyl sites for hydroxylation is 1. The Balaban J connectivity index is 2.28. The molecule has 2 aromatic rings. The van der Waals surface area contributed by atoms with E-state index >= 15 is 0 Å². The van der Waals surface area contributed by atoms with E-state index in [4.69, 9.17) is 0 Å². The number of aromatic amines is 2. The van der Waals surface area contributed by atoms with E-state index in [1.807, 2.05) is 25.1 Å². The van der Waals surface area contributed by atoms with E-state index in [1.54, 1.807) is 0 Å². The second-order valence-corrected chi connectivity index (χ2v) is 3.55. The third-order valence-corrected chi connectivity index (χ3v) is 2.47. The van der Waals surface area contributed by atoms with Gasteiger partial charge in [-0.25, -0.2) is 4.79 Å². The van der Waals surface area contributed by atoms with Crippen molar-refractivity contribution in [1.29, 1.82) is 0 Å². The van der Waals surface area contributed by atoms with Gasteiger partial charge in [0.1, 0.15) is 0 Å². The standard InChI is InChI=1S/C12H14N2O/c1-2-10-11(14-12(15)13-10)8-9-6-4-3-5-7-9/h3-7H,2,8H2,1H3,(H2,13,14,15). The lowest BCUT2D eigenvalue weighted by atomic mass is 10.1. The van der Waals surface area contributed by atoms with Gasteiger partial charge < -0.3 is 9.97 Å². The zero-order valence-electron chi connectivity index (χ0n) is 8.71. The largest absolute Gasteiger partial charge is 0.323 e. The lowest BCUT2D eigenvalue weighted by molar-refractivity contribution is 0.999. The number of aromatic nitrogens is 2. The molecule has 0 aliphatic heterocycles. The lowest BCUT2D eigenvalue weighted by Crippen LogP contribution is -2.01. The van der Waals surface area contributed by atoms with E-state index in [1.165, 1.54) is 5.56 Å². The van der Waals surface area contributed by atoms with Crippen molar-refractivity contribution in [2.75, 3.05) is 0 Å². The minimum Gasteiger partial charge on any atom is -0.310 e. The predicted molar refractivity (Wildman–Crippen MR) is 60.0 cm³/mol. The highest BCUT2D eigenvalue weighted by Gasteiger charge is 2.05. The van der Waals surface area contributed by atoms with Crippen LogP contribution < -0.4 is 5.69 Å². The molecule has 1 aromatic carbocycles. The van der Waals surface area contributed by atoms with Crippen molar-refractivity contribution in [3.8, 4) is 0 Å². The van der Waals surface area contributed by atoms with Crippen molar-refractivity contribution in [1.82, 2.24) is 9.97 Å². The Morgan fingerprint density at radius 1 is 1.07 bits per heavy atom. The zero-order chi connectivity index (χ0) is 10.7. The van der Waals surface area contributed by atoms with Gasteiger partial charge in [0.05, 0.1) is 0 Å². The van der Waals surface area contributed by atoms with Crippen molar-refractivity contribution >= 4 is 0 Å². The van der Waals surface area contributed by atoms with Gasteiger partial charge in [-0.3, -0.25) is 0 Å². The average Bonchev–Trinajstić information content (AvgIpc) is 2.60. The summed E-state index contributed by atoms with van der Waals surface area (Å²) in [5.41, 5.74) is 3.10. The van der Waals surface area contributed by atoms with Crippen LogP contribution in [0.4, 0.5) is 0 Å². The smallest absolute Gasteiger partial charge is 0.310 e. The first-order valence-corrected chi connectivity index (χ1v) is 5.13. The maximum atomic E-state index is 11.1. The van der Waals surface area contributed by atoms with Crippen LogP contribution in [0, 0.1) is 0 Å². The van der Waals surface area contributed by atoms with Crippen molar-refractivity contribution in [2.24, 2.45) is 0 Å². The Morgan fingerprint density at radius 3 is 2.40 bits per heavy atom. The molecule has 2 N–H and O–H groups in total. The SMILES string of the molecule is CCc1[nH]c(=O)[nH]c1Cc1ccccc1.